The summed E-state index contributed by atoms with van der Waals surface area (Å²) in [5.74, 6) is 0.127. The molecule has 2 heterocycles. The van der Waals surface area contributed by atoms with Crippen LogP contribution in [-0.4, -0.2) is 47.3 Å². The van der Waals surface area contributed by atoms with Gasteiger partial charge in [0.15, 0.2) is 0 Å². The molecule has 0 unspecified atom stereocenters. The zero-order valence-electron chi connectivity index (χ0n) is 10.3. The van der Waals surface area contributed by atoms with Gasteiger partial charge in [0.05, 0.1) is 11.0 Å². The highest BCUT2D eigenvalue weighted by Gasteiger charge is 2.32. The molecule has 1 aromatic rings. The Morgan fingerprint density at radius 1 is 1.67 bits per heavy atom. The number of nitrogens with zero attached hydrogens (tertiary/aromatic N) is 3. The van der Waals surface area contributed by atoms with E-state index in [1.54, 1.807) is 23.4 Å². The van der Waals surface area contributed by atoms with Gasteiger partial charge in [-0.25, -0.2) is 0 Å². The van der Waals surface area contributed by atoms with Gasteiger partial charge in [-0.3, -0.25) is 19.8 Å². The largest absolute Gasteiger partial charge is 0.344 e. The van der Waals surface area contributed by atoms with Gasteiger partial charge in [0.25, 0.3) is 0 Å². The number of amides is 1. The van der Waals surface area contributed by atoms with Crippen LogP contribution in [0, 0.1) is 10.1 Å². The van der Waals surface area contributed by atoms with Gasteiger partial charge in [-0.15, -0.1) is 0 Å². The van der Waals surface area contributed by atoms with Crippen molar-refractivity contribution in [3.8, 4) is 0 Å². The van der Waals surface area contributed by atoms with E-state index < -0.39 is 0 Å². The maximum Gasteiger partial charge on any atom is 0.324 e. The van der Waals surface area contributed by atoms with Crippen LogP contribution in [0.15, 0.2) is 11.4 Å². The zero-order valence-corrected chi connectivity index (χ0v) is 11.1. The second-order valence-corrected chi connectivity index (χ2v) is 5.42. The Hall–Kier alpha value is -1.47. The van der Waals surface area contributed by atoms with Crippen LogP contribution in [0.5, 0.6) is 0 Å². The molecule has 1 saturated heterocycles. The molecule has 6 nitrogen and oxygen atoms in total. The summed E-state index contributed by atoms with van der Waals surface area (Å²) in [6.07, 6.45) is 0.818. The topological polar surface area (TPSA) is 66.7 Å². The fourth-order valence-electron chi connectivity index (χ4n) is 2.15. The van der Waals surface area contributed by atoms with E-state index in [1.807, 2.05) is 11.9 Å². The predicted molar refractivity (Wildman–Crippen MR) is 68.5 cm³/mol. The molecule has 98 valence electrons. The summed E-state index contributed by atoms with van der Waals surface area (Å²) in [7, 11) is 3.68. The Balaban J connectivity index is 2.00. The quantitative estimate of drug-likeness (QED) is 0.610. The van der Waals surface area contributed by atoms with Crippen molar-refractivity contribution in [2.24, 2.45) is 0 Å². The number of hydrogen-bond donors (Lipinski definition) is 0. The van der Waals surface area contributed by atoms with E-state index in [0.29, 0.717) is 6.54 Å². The molecular formula is C11H15N3O3S. The third-order valence-corrected chi connectivity index (χ3v) is 4.11. The number of likely N-dealkylation sites (N-methyl/N-ethyl adjacent to an activating group) is 2. The highest BCUT2D eigenvalue weighted by molar-refractivity contribution is 7.13. The summed E-state index contributed by atoms with van der Waals surface area (Å²) in [6.45, 7) is 1.34. The first-order valence-electron chi connectivity index (χ1n) is 5.66. The lowest BCUT2D eigenvalue weighted by atomic mass is 10.2. The van der Waals surface area contributed by atoms with Crippen LogP contribution >= 0.6 is 11.3 Å². The Bertz CT molecular complexity index is 474. The lowest BCUT2D eigenvalue weighted by Crippen LogP contribution is -2.37. The Morgan fingerprint density at radius 3 is 2.89 bits per heavy atom. The van der Waals surface area contributed by atoms with Gasteiger partial charge in [0, 0.05) is 31.6 Å². The monoisotopic (exact) mass is 269 g/mol. The minimum atomic E-state index is -0.386. The highest BCUT2D eigenvalue weighted by Crippen LogP contribution is 2.24. The third-order valence-electron chi connectivity index (χ3n) is 3.18. The second kappa shape index (κ2) is 5.03. The van der Waals surface area contributed by atoms with Crippen LogP contribution in [0.25, 0.3) is 0 Å². The van der Waals surface area contributed by atoms with Crippen molar-refractivity contribution in [3.05, 3.63) is 27.1 Å². The summed E-state index contributed by atoms with van der Waals surface area (Å²) in [5, 5.41) is 12.5. The van der Waals surface area contributed by atoms with E-state index in [0.717, 1.165) is 29.9 Å². The Morgan fingerprint density at radius 2 is 2.39 bits per heavy atom. The summed E-state index contributed by atoms with van der Waals surface area (Å²) in [5.41, 5.74) is 0.886. The SMILES string of the molecule is CN1CC[C@@H](N(C)Cc2csc([N+](=O)[O-])c2)C1=O. The number of rotatable bonds is 4. The van der Waals surface area contributed by atoms with E-state index in [-0.39, 0.29) is 21.9 Å². The number of hydrogen-bond acceptors (Lipinski definition) is 5. The van der Waals surface area contributed by atoms with Crippen molar-refractivity contribution in [1.82, 2.24) is 9.80 Å². The van der Waals surface area contributed by atoms with Crippen molar-refractivity contribution in [3.63, 3.8) is 0 Å². The number of nitro groups is 1. The molecule has 1 aliphatic heterocycles. The fraction of sp³-hybridized carbons (Fsp3) is 0.545. The van der Waals surface area contributed by atoms with Gasteiger partial charge in [-0.1, -0.05) is 11.3 Å². The van der Waals surface area contributed by atoms with E-state index in [9.17, 15) is 14.9 Å². The van der Waals surface area contributed by atoms with Gasteiger partial charge in [-0.05, 0) is 19.0 Å². The van der Waals surface area contributed by atoms with E-state index in [2.05, 4.69) is 0 Å². The van der Waals surface area contributed by atoms with Gasteiger partial charge < -0.3 is 4.90 Å². The van der Waals surface area contributed by atoms with Gasteiger partial charge in [0.1, 0.15) is 0 Å². The molecule has 0 saturated carbocycles. The van der Waals surface area contributed by atoms with Crippen LogP contribution in [-0.2, 0) is 11.3 Å². The number of carbonyl (C=O) groups excluding carboxylic acids is 1. The molecule has 1 amide bonds. The molecule has 0 N–H and O–H groups in total. The van der Waals surface area contributed by atoms with Crippen LogP contribution < -0.4 is 0 Å². The third kappa shape index (κ3) is 2.51. The molecule has 1 aromatic heterocycles. The molecule has 0 aliphatic carbocycles. The van der Waals surface area contributed by atoms with E-state index in [1.165, 1.54) is 0 Å². The summed E-state index contributed by atoms with van der Waals surface area (Å²) in [4.78, 5) is 25.7. The molecule has 1 atom stereocenters. The number of likely N-dealkylation sites (tertiary alicyclic amines) is 1. The minimum absolute atomic E-state index is 0.103. The molecule has 7 heteroatoms. The Labute approximate surface area is 109 Å². The molecule has 0 bridgehead atoms. The van der Waals surface area contributed by atoms with Crippen LogP contribution in [0.4, 0.5) is 5.00 Å². The molecular weight excluding hydrogens is 254 g/mol. The van der Waals surface area contributed by atoms with Crippen LogP contribution in [0.1, 0.15) is 12.0 Å². The first-order chi connectivity index (χ1) is 8.49. The minimum Gasteiger partial charge on any atom is -0.344 e. The maximum atomic E-state index is 11.8. The molecule has 18 heavy (non-hydrogen) atoms. The van der Waals surface area contributed by atoms with Gasteiger partial charge in [-0.2, -0.15) is 0 Å². The molecule has 1 fully saturated rings. The van der Waals surface area contributed by atoms with Crippen molar-refractivity contribution in [2.45, 2.75) is 19.0 Å². The lowest BCUT2D eigenvalue weighted by Gasteiger charge is -2.22. The van der Waals surface area contributed by atoms with Crippen molar-refractivity contribution in [1.29, 1.82) is 0 Å². The first kappa shape index (κ1) is 13.0. The molecule has 0 spiro atoms. The normalized spacial score (nSPS) is 19.8. The molecule has 0 radical (unpaired) electrons. The number of carbonyl (C=O) groups is 1. The van der Waals surface area contributed by atoms with Crippen molar-refractivity contribution in [2.75, 3.05) is 20.6 Å². The summed E-state index contributed by atoms with van der Waals surface area (Å²) < 4.78 is 0. The summed E-state index contributed by atoms with van der Waals surface area (Å²) in [6, 6.07) is 1.47. The second-order valence-electron chi connectivity index (χ2n) is 4.53. The van der Waals surface area contributed by atoms with E-state index in [4.69, 9.17) is 0 Å². The lowest BCUT2D eigenvalue weighted by molar-refractivity contribution is -0.380. The molecule has 1 aliphatic rings. The smallest absolute Gasteiger partial charge is 0.324 e. The van der Waals surface area contributed by atoms with Crippen LogP contribution in [0.3, 0.4) is 0 Å². The van der Waals surface area contributed by atoms with Crippen LogP contribution in [0.2, 0.25) is 0 Å². The average Bonchev–Trinajstić information content (AvgIpc) is 2.88. The van der Waals surface area contributed by atoms with Gasteiger partial charge >= 0.3 is 5.00 Å². The van der Waals surface area contributed by atoms with Gasteiger partial charge in [0.2, 0.25) is 5.91 Å². The predicted octanol–water partition coefficient (Wildman–Crippen LogP) is 1.32. The van der Waals surface area contributed by atoms with Crippen molar-refractivity contribution < 1.29 is 9.72 Å². The first-order valence-corrected chi connectivity index (χ1v) is 6.54. The molecule has 2 rings (SSSR count). The molecule has 0 aromatic carbocycles. The Kier molecular flexibility index (Phi) is 3.63. The fourth-order valence-corrected chi connectivity index (χ4v) is 2.87. The standard InChI is InChI=1S/C11H15N3O3S/c1-12-4-3-9(11(12)15)13(2)6-8-5-10(14(16)17)18-7-8/h5,7,9H,3-4,6H2,1-2H3/t9-/m1/s1. The van der Waals surface area contributed by atoms with Crippen molar-refractivity contribution >= 4 is 22.2 Å². The zero-order chi connectivity index (χ0) is 13.3. The average molecular weight is 269 g/mol. The maximum absolute atomic E-state index is 11.8. The van der Waals surface area contributed by atoms with E-state index >= 15 is 0 Å². The highest BCUT2D eigenvalue weighted by atomic mass is 32.1. The number of thiophene rings is 1. The summed E-state index contributed by atoms with van der Waals surface area (Å²) >= 11 is 1.12.